The number of rotatable bonds is 1. The summed E-state index contributed by atoms with van der Waals surface area (Å²) in [5, 5.41) is 9.38. The van der Waals surface area contributed by atoms with Crippen molar-refractivity contribution >= 4 is 5.78 Å². The largest absolute Gasteiger partial charge is 0.393 e. The van der Waals surface area contributed by atoms with Crippen LogP contribution in [0.1, 0.15) is 38.5 Å². The third-order valence-corrected chi connectivity index (χ3v) is 3.16. The number of carbonyl (C=O) groups is 1. The van der Waals surface area contributed by atoms with Crippen molar-refractivity contribution in [2.75, 3.05) is 0 Å². The Hall–Kier alpha value is -0.630. The van der Waals surface area contributed by atoms with Crippen LogP contribution in [-0.2, 0) is 4.79 Å². The molecule has 1 N–H and O–H groups in total. The van der Waals surface area contributed by atoms with Crippen LogP contribution < -0.4 is 0 Å². The van der Waals surface area contributed by atoms with Gasteiger partial charge in [0.1, 0.15) is 0 Å². The molecule has 2 unspecified atom stereocenters. The second-order valence-electron chi connectivity index (χ2n) is 4.20. The summed E-state index contributed by atoms with van der Waals surface area (Å²) in [6.45, 7) is 0. The molecule has 2 heteroatoms. The van der Waals surface area contributed by atoms with Crippen LogP contribution in [0.5, 0.6) is 0 Å². The first-order valence-corrected chi connectivity index (χ1v) is 5.17. The molecule has 0 heterocycles. The van der Waals surface area contributed by atoms with Crippen LogP contribution in [0.15, 0.2) is 11.6 Å². The molecule has 0 spiro atoms. The number of aliphatic hydroxyl groups excluding tert-OH is 1. The molecule has 13 heavy (non-hydrogen) atoms. The molecule has 1 fully saturated rings. The van der Waals surface area contributed by atoms with Crippen molar-refractivity contribution in [3.05, 3.63) is 11.6 Å². The number of hydrogen-bond donors (Lipinski definition) is 1. The lowest BCUT2D eigenvalue weighted by Gasteiger charge is -2.17. The van der Waals surface area contributed by atoms with Crippen LogP contribution in [0.3, 0.4) is 0 Å². The smallest absolute Gasteiger partial charge is 0.155 e. The van der Waals surface area contributed by atoms with Crippen molar-refractivity contribution in [1.29, 1.82) is 0 Å². The molecule has 1 saturated carbocycles. The Balaban J connectivity index is 2.03. The Morgan fingerprint density at radius 1 is 1.31 bits per heavy atom. The molecule has 0 saturated heterocycles. The van der Waals surface area contributed by atoms with Crippen LogP contribution >= 0.6 is 0 Å². The molecule has 72 valence electrons. The van der Waals surface area contributed by atoms with Gasteiger partial charge < -0.3 is 5.11 Å². The van der Waals surface area contributed by atoms with E-state index in [-0.39, 0.29) is 11.9 Å². The maximum Gasteiger partial charge on any atom is 0.155 e. The number of hydrogen-bond acceptors (Lipinski definition) is 2. The fourth-order valence-corrected chi connectivity index (χ4v) is 2.43. The van der Waals surface area contributed by atoms with E-state index in [0.717, 1.165) is 38.5 Å². The summed E-state index contributed by atoms with van der Waals surface area (Å²) in [5.41, 5.74) is 1.30. The fourth-order valence-electron chi connectivity index (χ4n) is 2.43. The van der Waals surface area contributed by atoms with E-state index in [2.05, 4.69) is 0 Å². The van der Waals surface area contributed by atoms with Crippen LogP contribution in [0.25, 0.3) is 0 Å². The van der Waals surface area contributed by atoms with Crippen molar-refractivity contribution in [2.45, 2.75) is 44.6 Å². The van der Waals surface area contributed by atoms with Gasteiger partial charge in [-0.25, -0.2) is 0 Å². The third-order valence-electron chi connectivity index (χ3n) is 3.16. The molecule has 2 atom stereocenters. The lowest BCUT2D eigenvalue weighted by atomic mass is 9.88. The molecule has 0 aliphatic heterocycles. The van der Waals surface area contributed by atoms with Gasteiger partial charge in [-0.2, -0.15) is 0 Å². The zero-order chi connectivity index (χ0) is 9.26. The summed E-state index contributed by atoms with van der Waals surface area (Å²) < 4.78 is 0. The SMILES string of the molecule is O=C1C=C(C2CCC(O)C2)CCC1. The van der Waals surface area contributed by atoms with Crippen molar-refractivity contribution < 1.29 is 9.90 Å². The van der Waals surface area contributed by atoms with Crippen LogP contribution in [0, 0.1) is 5.92 Å². The summed E-state index contributed by atoms with van der Waals surface area (Å²) in [7, 11) is 0. The normalized spacial score (nSPS) is 34.8. The second-order valence-corrected chi connectivity index (χ2v) is 4.20. The highest BCUT2D eigenvalue weighted by molar-refractivity contribution is 5.91. The van der Waals surface area contributed by atoms with Gasteiger partial charge >= 0.3 is 0 Å². The highest BCUT2D eigenvalue weighted by atomic mass is 16.3. The first-order valence-electron chi connectivity index (χ1n) is 5.17. The van der Waals surface area contributed by atoms with E-state index in [1.54, 1.807) is 0 Å². The lowest BCUT2D eigenvalue weighted by Crippen LogP contribution is -2.09. The summed E-state index contributed by atoms with van der Waals surface area (Å²) in [6.07, 6.45) is 7.36. The quantitative estimate of drug-likeness (QED) is 0.668. The van der Waals surface area contributed by atoms with E-state index in [1.165, 1.54) is 5.57 Å². The molecular weight excluding hydrogens is 164 g/mol. The average molecular weight is 180 g/mol. The zero-order valence-corrected chi connectivity index (χ0v) is 7.83. The molecule has 2 aliphatic rings. The highest BCUT2D eigenvalue weighted by Gasteiger charge is 2.27. The van der Waals surface area contributed by atoms with Crippen LogP contribution in [0.2, 0.25) is 0 Å². The van der Waals surface area contributed by atoms with Gasteiger partial charge in [-0.15, -0.1) is 0 Å². The third kappa shape index (κ3) is 1.99. The summed E-state index contributed by atoms with van der Waals surface area (Å²) >= 11 is 0. The predicted molar refractivity (Wildman–Crippen MR) is 50.3 cm³/mol. The standard InChI is InChI=1S/C11H16O2/c12-10-3-1-2-8(6-10)9-4-5-11(13)7-9/h6,9,11,13H,1-5,7H2. The van der Waals surface area contributed by atoms with Crippen LogP contribution in [-0.4, -0.2) is 17.0 Å². The van der Waals surface area contributed by atoms with E-state index >= 15 is 0 Å². The van der Waals surface area contributed by atoms with Gasteiger partial charge in [0, 0.05) is 6.42 Å². The van der Waals surface area contributed by atoms with Gasteiger partial charge in [-0.05, 0) is 44.1 Å². The Bertz CT molecular complexity index is 242. The van der Waals surface area contributed by atoms with E-state index in [4.69, 9.17) is 0 Å². The van der Waals surface area contributed by atoms with Crippen molar-refractivity contribution in [3.63, 3.8) is 0 Å². The Morgan fingerprint density at radius 2 is 2.15 bits per heavy atom. The molecule has 2 rings (SSSR count). The maximum absolute atomic E-state index is 11.2. The summed E-state index contributed by atoms with van der Waals surface area (Å²) in [5.74, 6) is 0.780. The Morgan fingerprint density at radius 3 is 2.77 bits per heavy atom. The van der Waals surface area contributed by atoms with Gasteiger partial charge in [-0.3, -0.25) is 4.79 Å². The monoisotopic (exact) mass is 180 g/mol. The minimum atomic E-state index is -0.122. The predicted octanol–water partition coefficient (Wildman–Crippen LogP) is 1.83. The topological polar surface area (TPSA) is 37.3 Å². The number of carbonyl (C=O) groups excluding carboxylic acids is 1. The van der Waals surface area contributed by atoms with E-state index < -0.39 is 0 Å². The molecule has 0 aromatic heterocycles. The van der Waals surface area contributed by atoms with E-state index in [1.807, 2.05) is 6.08 Å². The maximum atomic E-state index is 11.2. The Kier molecular flexibility index (Phi) is 2.49. The van der Waals surface area contributed by atoms with Gasteiger partial charge in [0.2, 0.25) is 0 Å². The molecule has 0 aromatic carbocycles. The highest BCUT2D eigenvalue weighted by Crippen LogP contribution is 2.35. The van der Waals surface area contributed by atoms with Gasteiger partial charge in [0.25, 0.3) is 0 Å². The van der Waals surface area contributed by atoms with E-state index in [0.29, 0.717) is 5.92 Å². The molecular formula is C11H16O2. The summed E-state index contributed by atoms with van der Waals surface area (Å²) in [4.78, 5) is 11.2. The van der Waals surface area contributed by atoms with Gasteiger partial charge in [0.05, 0.1) is 6.10 Å². The molecule has 0 amide bonds. The van der Waals surface area contributed by atoms with Crippen molar-refractivity contribution in [3.8, 4) is 0 Å². The van der Waals surface area contributed by atoms with Gasteiger partial charge in [-0.1, -0.05) is 5.57 Å². The molecule has 2 nitrogen and oxygen atoms in total. The minimum Gasteiger partial charge on any atom is -0.393 e. The van der Waals surface area contributed by atoms with Crippen molar-refractivity contribution in [2.24, 2.45) is 5.92 Å². The van der Waals surface area contributed by atoms with Crippen LogP contribution in [0.4, 0.5) is 0 Å². The molecule has 0 bridgehead atoms. The van der Waals surface area contributed by atoms with Gasteiger partial charge in [0.15, 0.2) is 5.78 Å². The number of ketones is 1. The fraction of sp³-hybridized carbons (Fsp3) is 0.727. The molecule has 2 aliphatic carbocycles. The average Bonchev–Trinajstić information content (AvgIpc) is 2.52. The van der Waals surface area contributed by atoms with E-state index in [9.17, 15) is 9.90 Å². The first-order chi connectivity index (χ1) is 6.25. The first kappa shape index (κ1) is 8.95. The van der Waals surface area contributed by atoms with Crippen molar-refractivity contribution in [1.82, 2.24) is 0 Å². The number of aliphatic hydroxyl groups is 1. The molecule has 0 aromatic rings. The second kappa shape index (κ2) is 3.62. The minimum absolute atomic E-state index is 0.122. The summed E-state index contributed by atoms with van der Waals surface area (Å²) in [6, 6.07) is 0. The zero-order valence-electron chi connectivity index (χ0n) is 7.83. The molecule has 0 radical (unpaired) electrons. The number of allylic oxidation sites excluding steroid dienone is 2. The Labute approximate surface area is 78.6 Å². The lowest BCUT2D eigenvalue weighted by molar-refractivity contribution is -0.115.